The molecule has 6 nitrogen and oxygen atoms in total. The second kappa shape index (κ2) is 8.69. The average Bonchev–Trinajstić information content (AvgIpc) is 2.67. The van der Waals surface area contributed by atoms with Crippen LogP contribution in [0.4, 0.5) is 5.69 Å². The van der Waals surface area contributed by atoms with Gasteiger partial charge in [-0.1, -0.05) is 43.7 Å². The van der Waals surface area contributed by atoms with Crippen molar-refractivity contribution in [3.63, 3.8) is 0 Å². The van der Waals surface area contributed by atoms with E-state index >= 15 is 0 Å². The van der Waals surface area contributed by atoms with Gasteiger partial charge in [0.1, 0.15) is 6.54 Å². The Bertz CT molecular complexity index is 1200. The molecular formula is C24H29N3O3. The molecule has 0 bridgehead atoms. The molecule has 2 aromatic carbocycles. The minimum absolute atomic E-state index is 0.159. The lowest BCUT2D eigenvalue weighted by Gasteiger charge is -2.16. The van der Waals surface area contributed by atoms with E-state index in [-0.39, 0.29) is 18.0 Å². The first-order valence-corrected chi connectivity index (χ1v) is 10.3. The van der Waals surface area contributed by atoms with Crippen molar-refractivity contribution in [1.29, 1.82) is 0 Å². The normalized spacial score (nSPS) is 11.3. The van der Waals surface area contributed by atoms with Crippen molar-refractivity contribution in [2.45, 2.75) is 54.1 Å². The van der Waals surface area contributed by atoms with Gasteiger partial charge in [0.05, 0.1) is 10.9 Å². The molecule has 158 valence electrons. The van der Waals surface area contributed by atoms with Gasteiger partial charge in [-0.05, 0) is 56.4 Å². The summed E-state index contributed by atoms with van der Waals surface area (Å²) in [5, 5.41) is 3.39. The Balaban J connectivity index is 2.02. The summed E-state index contributed by atoms with van der Waals surface area (Å²) < 4.78 is 2.64. The Morgan fingerprint density at radius 2 is 1.63 bits per heavy atom. The minimum Gasteiger partial charge on any atom is -0.324 e. The Morgan fingerprint density at radius 1 is 1.00 bits per heavy atom. The highest BCUT2D eigenvalue weighted by atomic mass is 16.2. The number of fused-ring (bicyclic) bond motifs is 1. The number of anilines is 1. The van der Waals surface area contributed by atoms with Crippen LogP contribution in [0.15, 0.2) is 46.0 Å². The summed E-state index contributed by atoms with van der Waals surface area (Å²) in [7, 11) is 0. The molecular weight excluding hydrogens is 378 g/mol. The van der Waals surface area contributed by atoms with Gasteiger partial charge in [0.25, 0.3) is 5.56 Å². The number of hydrogen-bond acceptors (Lipinski definition) is 3. The molecule has 0 fully saturated rings. The van der Waals surface area contributed by atoms with Gasteiger partial charge >= 0.3 is 5.69 Å². The maximum atomic E-state index is 13.1. The fourth-order valence-corrected chi connectivity index (χ4v) is 3.81. The summed E-state index contributed by atoms with van der Waals surface area (Å²) in [6, 6.07) is 11.0. The third-order valence-electron chi connectivity index (χ3n) is 5.31. The van der Waals surface area contributed by atoms with Crippen LogP contribution in [0.2, 0.25) is 0 Å². The maximum absolute atomic E-state index is 13.1. The molecule has 0 aliphatic carbocycles. The van der Waals surface area contributed by atoms with Crippen molar-refractivity contribution in [2.75, 3.05) is 5.32 Å². The van der Waals surface area contributed by atoms with Gasteiger partial charge in [-0.2, -0.15) is 0 Å². The van der Waals surface area contributed by atoms with Crippen molar-refractivity contribution < 1.29 is 4.79 Å². The Labute approximate surface area is 176 Å². The molecule has 6 heteroatoms. The van der Waals surface area contributed by atoms with Crippen LogP contribution < -0.4 is 16.6 Å². The molecule has 0 saturated heterocycles. The lowest BCUT2D eigenvalue weighted by atomic mass is 10.1. The largest absolute Gasteiger partial charge is 0.331 e. The summed E-state index contributed by atoms with van der Waals surface area (Å²) in [5.74, 6) is 0.0540. The zero-order valence-corrected chi connectivity index (χ0v) is 18.3. The number of benzene rings is 2. The highest BCUT2D eigenvalue weighted by molar-refractivity contribution is 5.93. The number of para-hydroxylation sites is 1. The number of carbonyl (C=O) groups is 1. The van der Waals surface area contributed by atoms with Crippen LogP contribution in [-0.4, -0.2) is 15.0 Å². The topological polar surface area (TPSA) is 73.1 Å². The molecule has 0 spiro atoms. The summed E-state index contributed by atoms with van der Waals surface area (Å²) in [4.78, 5) is 38.9. The predicted molar refractivity (Wildman–Crippen MR) is 121 cm³/mol. The zero-order valence-electron chi connectivity index (χ0n) is 18.3. The molecule has 30 heavy (non-hydrogen) atoms. The second-order valence-corrected chi connectivity index (χ2v) is 8.35. The molecule has 3 rings (SSSR count). The number of nitrogens with zero attached hydrogens (tertiary/aromatic N) is 2. The third kappa shape index (κ3) is 4.37. The molecule has 0 atom stereocenters. The van der Waals surface area contributed by atoms with E-state index in [0.717, 1.165) is 22.4 Å². The Kier molecular flexibility index (Phi) is 6.25. The molecule has 0 aliphatic rings. The summed E-state index contributed by atoms with van der Waals surface area (Å²) in [6.45, 7) is 10.2. The standard InChI is InChI=1S/C24H29N3O3/c1-15(2)10-11-26-23(29)19-8-6-7-9-20(19)27(24(26)30)14-21(28)25-22-17(4)12-16(3)13-18(22)5/h6-9,12-13,15H,10-11,14H2,1-5H3,(H,25,28). The van der Waals surface area contributed by atoms with Crippen LogP contribution in [-0.2, 0) is 17.9 Å². The SMILES string of the molecule is Cc1cc(C)c(NC(=O)Cn2c(=O)n(CCC(C)C)c(=O)c3ccccc32)c(C)c1. The smallest absolute Gasteiger partial charge is 0.324 e. The first-order chi connectivity index (χ1) is 14.2. The summed E-state index contributed by atoms with van der Waals surface area (Å²) in [6.07, 6.45) is 0.710. The van der Waals surface area contributed by atoms with Crippen molar-refractivity contribution in [3.05, 3.63) is 73.9 Å². The van der Waals surface area contributed by atoms with Crippen molar-refractivity contribution in [1.82, 2.24) is 9.13 Å². The van der Waals surface area contributed by atoms with Gasteiger partial charge in [0.2, 0.25) is 5.91 Å². The Morgan fingerprint density at radius 3 is 2.27 bits per heavy atom. The highest BCUT2D eigenvalue weighted by Gasteiger charge is 2.16. The van der Waals surface area contributed by atoms with E-state index in [2.05, 4.69) is 5.32 Å². The molecule has 0 radical (unpaired) electrons. The number of aryl methyl sites for hydroxylation is 3. The highest BCUT2D eigenvalue weighted by Crippen LogP contribution is 2.22. The second-order valence-electron chi connectivity index (χ2n) is 8.35. The van der Waals surface area contributed by atoms with Crippen molar-refractivity contribution in [3.8, 4) is 0 Å². The van der Waals surface area contributed by atoms with E-state index in [4.69, 9.17) is 0 Å². The van der Waals surface area contributed by atoms with Crippen LogP contribution >= 0.6 is 0 Å². The van der Waals surface area contributed by atoms with Crippen LogP contribution in [0.1, 0.15) is 37.0 Å². The number of carbonyl (C=O) groups excluding carboxylic acids is 1. The number of nitrogens with one attached hydrogen (secondary N) is 1. The van der Waals surface area contributed by atoms with Crippen LogP contribution in [0, 0.1) is 26.7 Å². The summed E-state index contributed by atoms with van der Waals surface area (Å²) >= 11 is 0. The monoisotopic (exact) mass is 407 g/mol. The van der Waals surface area contributed by atoms with E-state index in [1.165, 1.54) is 9.13 Å². The van der Waals surface area contributed by atoms with Gasteiger partial charge in [0, 0.05) is 12.2 Å². The number of rotatable bonds is 6. The van der Waals surface area contributed by atoms with E-state index in [9.17, 15) is 14.4 Å². The summed E-state index contributed by atoms with van der Waals surface area (Å²) in [5.41, 5.74) is 3.55. The third-order valence-corrected chi connectivity index (χ3v) is 5.31. The van der Waals surface area contributed by atoms with E-state index < -0.39 is 5.69 Å². The van der Waals surface area contributed by atoms with E-state index in [1.807, 2.05) is 46.8 Å². The van der Waals surface area contributed by atoms with Gasteiger partial charge in [-0.25, -0.2) is 4.79 Å². The number of hydrogen-bond donors (Lipinski definition) is 1. The molecule has 3 aromatic rings. The fourth-order valence-electron chi connectivity index (χ4n) is 3.81. The first-order valence-electron chi connectivity index (χ1n) is 10.3. The zero-order chi connectivity index (χ0) is 22.0. The average molecular weight is 408 g/mol. The molecule has 1 N–H and O–H groups in total. The molecule has 1 aromatic heterocycles. The molecule has 1 amide bonds. The fraction of sp³-hybridized carbons (Fsp3) is 0.375. The number of amides is 1. The van der Waals surface area contributed by atoms with Crippen molar-refractivity contribution >= 4 is 22.5 Å². The van der Waals surface area contributed by atoms with Gasteiger partial charge in [0.15, 0.2) is 0 Å². The predicted octanol–water partition coefficient (Wildman–Crippen LogP) is 3.77. The quantitative estimate of drug-likeness (QED) is 0.676. The molecule has 0 unspecified atom stereocenters. The van der Waals surface area contributed by atoms with Crippen LogP contribution in [0.5, 0.6) is 0 Å². The van der Waals surface area contributed by atoms with Crippen LogP contribution in [0.25, 0.3) is 10.9 Å². The molecule has 0 aliphatic heterocycles. The van der Waals surface area contributed by atoms with E-state index in [0.29, 0.717) is 29.8 Å². The van der Waals surface area contributed by atoms with Gasteiger partial charge in [-0.3, -0.25) is 18.7 Å². The maximum Gasteiger partial charge on any atom is 0.331 e. The van der Waals surface area contributed by atoms with E-state index in [1.54, 1.807) is 24.3 Å². The van der Waals surface area contributed by atoms with Gasteiger partial charge < -0.3 is 5.32 Å². The van der Waals surface area contributed by atoms with Crippen molar-refractivity contribution in [2.24, 2.45) is 5.92 Å². The molecule has 0 saturated carbocycles. The van der Waals surface area contributed by atoms with Gasteiger partial charge in [-0.15, -0.1) is 0 Å². The lowest BCUT2D eigenvalue weighted by molar-refractivity contribution is -0.116. The molecule has 1 heterocycles. The first kappa shape index (κ1) is 21.6. The minimum atomic E-state index is -0.452. The number of aromatic nitrogens is 2. The Hall–Kier alpha value is -3.15. The lowest BCUT2D eigenvalue weighted by Crippen LogP contribution is -2.42. The van der Waals surface area contributed by atoms with Crippen LogP contribution in [0.3, 0.4) is 0 Å².